The summed E-state index contributed by atoms with van der Waals surface area (Å²) in [5, 5.41) is 5.46. The Kier molecular flexibility index (Phi) is 15.0. The molecule has 1 atom stereocenters. The topological polar surface area (TPSA) is 0 Å². The third kappa shape index (κ3) is 10.7. The minimum Gasteiger partial charge on any atom is -1.00 e. The minimum atomic E-state index is 0. The zero-order chi connectivity index (χ0) is 27.0. The first-order valence-corrected chi connectivity index (χ1v) is 14.8. The molecule has 4 aromatic rings. The molecule has 0 bridgehead atoms. The number of hydrogen-bond donors (Lipinski definition) is 0. The van der Waals surface area contributed by atoms with Crippen molar-refractivity contribution >= 4 is 24.8 Å². The van der Waals surface area contributed by atoms with Crippen LogP contribution in [0.25, 0.3) is 21.5 Å². The summed E-state index contributed by atoms with van der Waals surface area (Å²) in [5.41, 5.74) is 5.78. The number of halogens is 2. The number of allylic oxidation sites excluding steroid dienone is 4. The Bertz CT molecular complexity index is 1330. The largest absolute Gasteiger partial charge is 1.00 e. The van der Waals surface area contributed by atoms with Gasteiger partial charge in [0.15, 0.2) is 0 Å². The second-order valence-electron chi connectivity index (χ2n) is 11.2. The van der Waals surface area contributed by atoms with Crippen molar-refractivity contribution in [1.82, 2.24) is 0 Å². The van der Waals surface area contributed by atoms with E-state index in [4.69, 9.17) is 0 Å². The molecule has 0 heterocycles. The van der Waals surface area contributed by atoms with E-state index < -0.39 is 0 Å². The van der Waals surface area contributed by atoms with Gasteiger partial charge in [0.2, 0.25) is 0 Å². The molecule has 206 valence electrons. The molecular formula is C36H42Cl2Zr-2. The van der Waals surface area contributed by atoms with E-state index in [9.17, 15) is 0 Å². The normalized spacial score (nSPS) is 13.9. The Morgan fingerprint density at radius 2 is 1.41 bits per heavy atom. The van der Waals surface area contributed by atoms with Crippen molar-refractivity contribution in [3.8, 4) is 0 Å². The van der Waals surface area contributed by atoms with Crippen molar-refractivity contribution in [3.05, 3.63) is 113 Å². The smallest absolute Gasteiger partial charge is 0.0469 e. The Morgan fingerprint density at radius 1 is 0.872 bits per heavy atom. The van der Waals surface area contributed by atoms with Gasteiger partial charge >= 0.3 is 70.3 Å². The Balaban J connectivity index is 0.000000294. The molecule has 0 saturated carbocycles. The van der Waals surface area contributed by atoms with Crippen LogP contribution in [0.15, 0.2) is 90.5 Å². The van der Waals surface area contributed by atoms with Crippen LogP contribution < -0.4 is 24.8 Å². The van der Waals surface area contributed by atoms with E-state index in [-0.39, 0.29) is 24.8 Å². The average molecular weight is 637 g/mol. The van der Waals surface area contributed by atoms with Crippen LogP contribution in [0.5, 0.6) is 0 Å². The van der Waals surface area contributed by atoms with Crippen molar-refractivity contribution in [1.29, 1.82) is 0 Å². The van der Waals surface area contributed by atoms with Gasteiger partial charge in [-0.2, -0.15) is 11.6 Å². The van der Waals surface area contributed by atoms with E-state index in [0.29, 0.717) is 11.3 Å². The molecule has 1 aliphatic carbocycles. The summed E-state index contributed by atoms with van der Waals surface area (Å²) < 4.78 is 1.46. The molecule has 0 aliphatic heterocycles. The second kappa shape index (κ2) is 16.6. The predicted molar refractivity (Wildman–Crippen MR) is 161 cm³/mol. The molecule has 0 saturated heterocycles. The maximum Gasteiger partial charge on any atom is -0.0469 e. The summed E-state index contributed by atoms with van der Waals surface area (Å²) in [6, 6.07) is 26.1. The van der Waals surface area contributed by atoms with Gasteiger partial charge in [-0.25, -0.2) is 6.08 Å². The van der Waals surface area contributed by atoms with E-state index in [1.54, 1.807) is 0 Å². The third-order valence-electron chi connectivity index (χ3n) is 6.79. The first-order valence-electron chi connectivity index (χ1n) is 13.6. The summed E-state index contributed by atoms with van der Waals surface area (Å²) in [7, 11) is 0. The summed E-state index contributed by atoms with van der Waals surface area (Å²) in [6.07, 6.45) is 11.9. The van der Waals surface area contributed by atoms with Gasteiger partial charge in [-0.1, -0.05) is 93.7 Å². The van der Waals surface area contributed by atoms with Crippen LogP contribution in [0.4, 0.5) is 0 Å². The molecule has 5 rings (SSSR count). The molecule has 39 heavy (non-hydrogen) atoms. The van der Waals surface area contributed by atoms with Crippen LogP contribution in [0.1, 0.15) is 70.6 Å². The van der Waals surface area contributed by atoms with E-state index in [1.807, 2.05) is 6.07 Å². The summed E-state index contributed by atoms with van der Waals surface area (Å²) >= 11 is 1.51. The predicted octanol–water partition coefficient (Wildman–Crippen LogP) is 4.25. The fourth-order valence-electron chi connectivity index (χ4n) is 4.52. The molecule has 0 amide bonds. The maximum absolute atomic E-state index is 3.43. The van der Waals surface area contributed by atoms with Crippen molar-refractivity contribution < 1.29 is 49.0 Å². The Hall–Kier alpha value is -1.66. The molecule has 3 heteroatoms. The van der Waals surface area contributed by atoms with Gasteiger partial charge in [-0.3, -0.25) is 6.08 Å². The zero-order valence-corrected chi connectivity index (χ0v) is 28.5. The monoisotopic (exact) mass is 634 g/mol. The van der Waals surface area contributed by atoms with Gasteiger partial charge in [0.1, 0.15) is 0 Å². The number of aryl methyl sites for hydroxylation is 2. The molecule has 0 spiro atoms. The molecule has 1 aliphatic rings. The van der Waals surface area contributed by atoms with Gasteiger partial charge in [-0.05, 0) is 13.8 Å². The van der Waals surface area contributed by atoms with Crippen molar-refractivity contribution in [2.75, 3.05) is 0 Å². The van der Waals surface area contributed by atoms with Gasteiger partial charge in [-0.15, -0.1) is 39.7 Å². The Labute approximate surface area is 264 Å². The average Bonchev–Trinajstić information content (AvgIpc) is 3.48. The minimum absolute atomic E-state index is 0. The molecular weight excluding hydrogens is 595 g/mol. The summed E-state index contributed by atoms with van der Waals surface area (Å²) in [5.74, 6) is 0.592. The molecule has 0 fully saturated rings. The van der Waals surface area contributed by atoms with Crippen LogP contribution in [0.3, 0.4) is 0 Å². The number of fused-ring (bicyclic) bond motifs is 3. The molecule has 0 aromatic heterocycles. The van der Waals surface area contributed by atoms with Gasteiger partial charge in [0, 0.05) is 0 Å². The maximum atomic E-state index is 3.43. The fourth-order valence-corrected chi connectivity index (χ4v) is 4.93. The van der Waals surface area contributed by atoms with Crippen LogP contribution in [-0.4, -0.2) is 3.21 Å². The van der Waals surface area contributed by atoms with E-state index in [1.165, 1.54) is 90.5 Å². The van der Waals surface area contributed by atoms with Gasteiger partial charge in [0.05, 0.1) is 0 Å². The summed E-state index contributed by atoms with van der Waals surface area (Å²) in [4.78, 5) is 0. The number of unbranched alkanes of at least 4 members (excludes halogenated alkanes) is 1. The molecule has 0 N–H and O–H groups in total. The van der Waals surface area contributed by atoms with Crippen molar-refractivity contribution in [2.45, 2.75) is 67.7 Å². The van der Waals surface area contributed by atoms with Crippen LogP contribution in [0.2, 0.25) is 0 Å². The van der Waals surface area contributed by atoms with Gasteiger partial charge < -0.3 is 24.8 Å². The first-order chi connectivity index (χ1) is 17.6. The van der Waals surface area contributed by atoms with Crippen molar-refractivity contribution in [3.63, 3.8) is 0 Å². The van der Waals surface area contributed by atoms with E-state index in [2.05, 4.69) is 133 Å². The molecule has 4 aromatic carbocycles. The zero-order valence-electron chi connectivity index (χ0n) is 24.5. The van der Waals surface area contributed by atoms with Crippen molar-refractivity contribution in [2.24, 2.45) is 11.3 Å². The number of benzene rings is 3. The number of hydrogen-bond acceptors (Lipinski definition) is 0. The van der Waals surface area contributed by atoms with Crippen LogP contribution >= 0.6 is 0 Å². The first kappa shape index (κ1) is 35.4. The van der Waals surface area contributed by atoms with Crippen LogP contribution in [0, 0.1) is 31.3 Å². The van der Waals surface area contributed by atoms with Gasteiger partial charge in [0.25, 0.3) is 0 Å². The second-order valence-corrected chi connectivity index (χ2v) is 13.1. The Morgan fingerprint density at radius 3 is 1.82 bits per heavy atom. The summed E-state index contributed by atoms with van der Waals surface area (Å²) in [6.45, 7) is 15.5. The molecule has 1 unspecified atom stereocenters. The standard InChI is InChI=1S/C15H13.C13H21.C8H8.2ClH.Zr/c1-10-3-5-14-12(7-10)9-13-8-11(2)4-6-15(13)14;1-5-6-7-11-8-9-12(10-11)13(2,3)4;1-2-8-6-4-3-5-7-8;;;/h3-9H,1-2H3;9-11H,5-7H2,1-4H3;3-7H,1H3;2*1H;/q2*-1;;;;+2/p-2. The third-order valence-corrected chi connectivity index (χ3v) is 7.50. The van der Waals surface area contributed by atoms with Crippen LogP contribution in [-0.2, 0) is 24.2 Å². The van der Waals surface area contributed by atoms with E-state index in [0.717, 1.165) is 0 Å². The quantitative estimate of drug-likeness (QED) is 0.294. The fraction of sp³-hybridized carbons (Fsp3) is 0.333. The van der Waals surface area contributed by atoms with E-state index >= 15 is 0 Å². The molecule has 0 nitrogen and oxygen atoms in total. The SMILES string of the molecule is CCCCC1[C-]=CC(C(C)(C)C)=C1.C[C](=[Zr+2])c1ccccc1.Cc1ccc2c(c1)[cH-]c1cc(C)ccc12.[Cl-].[Cl-]. The molecule has 0 radical (unpaired) electrons. The number of rotatable bonds is 4.